The number of carbonyl (C=O) groups excluding carboxylic acids is 2. The monoisotopic (exact) mass is 379 g/mol. The number of pyridine rings is 1. The molecule has 3 rings (SSSR count). The van der Waals surface area contributed by atoms with Gasteiger partial charge in [0.1, 0.15) is 11.4 Å². The molecule has 1 aliphatic rings. The third kappa shape index (κ3) is 4.77. The Morgan fingerprint density at radius 1 is 0.964 bits per heavy atom. The van der Waals surface area contributed by atoms with Gasteiger partial charge in [0.25, 0.3) is 11.8 Å². The molecular weight excluding hydrogens is 350 g/mol. The standard InChI is InChI=1S/C23H29N3O2/c1-3-25(4-2)22(27)20-11-8-12-21(24-20)23(28)26-15-13-19(14-16-26)17-18-9-6-5-7-10-18/h5-12,19H,3-4,13-17H2,1-2H3. The Morgan fingerprint density at radius 2 is 1.61 bits per heavy atom. The van der Waals surface area contributed by atoms with E-state index in [1.807, 2.05) is 24.8 Å². The van der Waals surface area contributed by atoms with Gasteiger partial charge in [0.2, 0.25) is 0 Å². The van der Waals surface area contributed by atoms with Crippen LogP contribution < -0.4 is 0 Å². The lowest BCUT2D eigenvalue weighted by Gasteiger charge is -2.32. The highest BCUT2D eigenvalue weighted by Gasteiger charge is 2.25. The van der Waals surface area contributed by atoms with E-state index in [2.05, 4.69) is 29.2 Å². The SMILES string of the molecule is CCN(CC)C(=O)c1cccc(C(=O)N2CCC(Cc3ccccc3)CC2)n1. The van der Waals surface area contributed by atoms with Crippen LogP contribution in [0.25, 0.3) is 0 Å². The van der Waals surface area contributed by atoms with Crippen LogP contribution >= 0.6 is 0 Å². The molecular formula is C23H29N3O2. The first-order chi connectivity index (χ1) is 13.6. The first-order valence-corrected chi connectivity index (χ1v) is 10.2. The molecule has 0 unspecified atom stereocenters. The van der Waals surface area contributed by atoms with Crippen LogP contribution in [0.2, 0.25) is 0 Å². The maximum atomic E-state index is 12.9. The summed E-state index contributed by atoms with van der Waals surface area (Å²) in [6.07, 6.45) is 3.06. The summed E-state index contributed by atoms with van der Waals surface area (Å²) in [5.74, 6) is 0.406. The number of aromatic nitrogens is 1. The van der Waals surface area contributed by atoms with E-state index in [4.69, 9.17) is 0 Å². The predicted octanol–water partition coefficient (Wildman–Crippen LogP) is 3.66. The van der Waals surface area contributed by atoms with Gasteiger partial charge in [-0.25, -0.2) is 4.98 Å². The number of hydrogen-bond donors (Lipinski definition) is 0. The molecule has 1 aromatic carbocycles. The summed E-state index contributed by atoms with van der Waals surface area (Å²) in [6, 6.07) is 15.7. The largest absolute Gasteiger partial charge is 0.338 e. The fourth-order valence-corrected chi connectivity index (χ4v) is 3.80. The highest BCUT2D eigenvalue weighted by Crippen LogP contribution is 2.22. The first-order valence-electron chi connectivity index (χ1n) is 10.2. The summed E-state index contributed by atoms with van der Waals surface area (Å²) in [6.45, 7) is 6.62. The van der Waals surface area contributed by atoms with Crippen molar-refractivity contribution < 1.29 is 9.59 Å². The highest BCUT2D eigenvalue weighted by molar-refractivity contribution is 5.96. The van der Waals surface area contributed by atoms with Crippen molar-refractivity contribution in [3.63, 3.8) is 0 Å². The highest BCUT2D eigenvalue weighted by atomic mass is 16.2. The zero-order valence-corrected chi connectivity index (χ0v) is 16.8. The third-order valence-corrected chi connectivity index (χ3v) is 5.51. The van der Waals surface area contributed by atoms with Gasteiger partial charge < -0.3 is 9.80 Å². The minimum absolute atomic E-state index is 0.0765. The fourth-order valence-electron chi connectivity index (χ4n) is 3.80. The molecule has 2 aromatic rings. The van der Waals surface area contributed by atoms with Gasteiger partial charge >= 0.3 is 0 Å². The van der Waals surface area contributed by atoms with Gasteiger partial charge in [0, 0.05) is 26.2 Å². The molecule has 0 aliphatic carbocycles. The van der Waals surface area contributed by atoms with E-state index < -0.39 is 0 Å². The molecule has 2 amide bonds. The molecule has 0 saturated carbocycles. The van der Waals surface area contributed by atoms with E-state index in [1.165, 1.54) is 5.56 Å². The van der Waals surface area contributed by atoms with Crippen molar-refractivity contribution >= 4 is 11.8 Å². The Hall–Kier alpha value is -2.69. The molecule has 28 heavy (non-hydrogen) atoms. The van der Waals surface area contributed by atoms with Crippen LogP contribution in [0.4, 0.5) is 0 Å². The quantitative estimate of drug-likeness (QED) is 0.770. The van der Waals surface area contributed by atoms with Crippen LogP contribution in [0.3, 0.4) is 0 Å². The van der Waals surface area contributed by atoms with Crippen molar-refractivity contribution in [1.82, 2.24) is 14.8 Å². The van der Waals surface area contributed by atoms with Gasteiger partial charge in [-0.15, -0.1) is 0 Å². The summed E-state index contributed by atoms with van der Waals surface area (Å²) in [5, 5.41) is 0. The molecule has 0 N–H and O–H groups in total. The summed E-state index contributed by atoms with van der Waals surface area (Å²) in [5.41, 5.74) is 2.06. The lowest BCUT2D eigenvalue weighted by atomic mass is 9.90. The first kappa shape index (κ1) is 20.1. The maximum Gasteiger partial charge on any atom is 0.272 e. The van der Waals surface area contributed by atoms with Crippen molar-refractivity contribution in [2.75, 3.05) is 26.2 Å². The van der Waals surface area contributed by atoms with E-state index in [9.17, 15) is 9.59 Å². The van der Waals surface area contributed by atoms with Gasteiger partial charge in [0.15, 0.2) is 0 Å². The van der Waals surface area contributed by atoms with Gasteiger partial charge in [-0.05, 0) is 56.7 Å². The molecule has 0 atom stereocenters. The Labute approximate surface area is 167 Å². The van der Waals surface area contributed by atoms with Crippen LogP contribution in [0.15, 0.2) is 48.5 Å². The molecule has 5 nitrogen and oxygen atoms in total. The third-order valence-electron chi connectivity index (χ3n) is 5.51. The maximum absolute atomic E-state index is 12.9. The lowest BCUT2D eigenvalue weighted by Crippen LogP contribution is -2.39. The van der Waals surface area contributed by atoms with Crippen LogP contribution in [-0.4, -0.2) is 52.8 Å². The minimum atomic E-state index is -0.124. The zero-order valence-electron chi connectivity index (χ0n) is 16.8. The molecule has 0 radical (unpaired) electrons. The average Bonchev–Trinajstić information content (AvgIpc) is 2.75. The smallest absolute Gasteiger partial charge is 0.272 e. The Balaban J connectivity index is 1.61. The Bertz CT molecular complexity index is 795. The van der Waals surface area contributed by atoms with E-state index in [0.29, 0.717) is 30.4 Å². The molecule has 2 heterocycles. The normalized spacial score (nSPS) is 14.7. The van der Waals surface area contributed by atoms with Crippen molar-refractivity contribution in [3.05, 3.63) is 65.5 Å². The van der Waals surface area contributed by atoms with Gasteiger partial charge in [-0.2, -0.15) is 0 Å². The molecule has 1 saturated heterocycles. The molecule has 148 valence electrons. The number of likely N-dealkylation sites (tertiary alicyclic amines) is 1. The topological polar surface area (TPSA) is 53.5 Å². The molecule has 1 aliphatic heterocycles. The van der Waals surface area contributed by atoms with E-state index >= 15 is 0 Å². The molecule has 5 heteroatoms. The molecule has 0 bridgehead atoms. The number of rotatable bonds is 6. The second-order valence-corrected chi connectivity index (χ2v) is 7.31. The van der Waals surface area contributed by atoms with E-state index in [-0.39, 0.29) is 11.8 Å². The van der Waals surface area contributed by atoms with Crippen LogP contribution in [0.1, 0.15) is 53.2 Å². The minimum Gasteiger partial charge on any atom is -0.338 e. The van der Waals surface area contributed by atoms with Crippen molar-refractivity contribution in [1.29, 1.82) is 0 Å². The number of hydrogen-bond acceptors (Lipinski definition) is 3. The summed E-state index contributed by atoms with van der Waals surface area (Å²) < 4.78 is 0. The zero-order chi connectivity index (χ0) is 19.9. The summed E-state index contributed by atoms with van der Waals surface area (Å²) >= 11 is 0. The second kappa shape index (κ2) is 9.49. The van der Waals surface area contributed by atoms with Crippen LogP contribution in [0, 0.1) is 5.92 Å². The van der Waals surface area contributed by atoms with Crippen molar-refractivity contribution in [3.8, 4) is 0 Å². The van der Waals surface area contributed by atoms with Gasteiger partial charge in [0.05, 0.1) is 0 Å². The molecule has 1 fully saturated rings. The van der Waals surface area contributed by atoms with Crippen LogP contribution in [0.5, 0.6) is 0 Å². The average molecular weight is 380 g/mol. The Morgan fingerprint density at radius 3 is 2.25 bits per heavy atom. The number of piperidine rings is 1. The number of benzene rings is 1. The number of amides is 2. The Kier molecular flexibility index (Phi) is 6.80. The lowest BCUT2D eigenvalue weighted by molar-refractivity contribution is 0.0684. The molecule has 1 aromatic heterocycles. The van der Waals surface area contributed by atoms with Gasteiger partial charge in [-0.3, -0.25) is 9.59 Å². The molecule has 0 spiro atoms. The van der Waals surface area contributed by atoms with Crippen LogP contribution in [-0.2, 0) is 6.42 Å². The fraction of sp³-hybridized carbons (Fsp3) is 0.435. The van der Waals surface area contributed by atoms with Crippen molar-refractivity contribution in [2.45, 2.75) is 33.1 Å². The predicted molar refractivity (Wildman–Crippen MR) is 110 cm³/mol. The second-order valence-electron chi connectivity index (χ2n) is 7.31. The summed E-state index contributed by atoms with van der Waals surface area (Å²) in [4.78, 5) is 33.4. The summed E-state index contributed by atoms with van der Waals surface area (Å²) in [7, 11) is 0. The van der Waals surface area contributed by atoms with E-state index in [1.54, 1.807) is 23.1 Å². The number of carbonyl (C=O) groups is 2. The van der Waals surface area contributed by atoms with E-state index in [0.717, 1.165) is 32.4 Å². The number of nitrogens with zero attached hydrogens (tertiary/aromatic N) is 3. The van der Waals surface area contributed by atoms with Crippen molar-refractivity contribution in [2.24, 2.45) is 5.92 Å². The van der Waals surface area contributed by atoms with Gasteiger partial charge in [-0.1, -0.05) is 36.4 Å².